The maximum Gasteiger partial charge on any atom is 0.178 e. The molecule has 0 saturated carbocycles. The number of benzene rings is 6. The number of aryl methyl sites for hydroxylation is 1. The lowest BCUT2D eigenvalue weighted by atomic mass is 9.76. The van der Waals surface area contributed by atoms with Gasteiger partial charge in [0.15, 0.2) is 5.60 Å². The summed E-state index contributed by atoms with van der Waals surface area (Å²) in [6.07, 6.45) is 8.88. The minimum Gasteiger partial charge on any atom is -0.494 e. The van der Waals surface area contributed by atoms with Crippen molar-refractivity contribution in [3.05, 3.63) is 143 Å². The van der Waals surface area contributed by atoms with Gasteiger partial charge in [-0.05, 0) is 83.1 Å². The lowest BCUT2D eigenvalue weighted by Gasteiger charge is -2.38. The highest BCUT2D eigenvalue weighted by Gasteiger charge is 2.44. The fourth-order valence-corrected chi connectivity index (χ4v) is 8.17. The molecule has 3 heteroatoms. The molecular formula is C47H46O3. The fourth-order valence-electron chi connectivity index (χ4n) is 8.17. The predicted octanol–water partition coefficient (Wildman–Crippen LogP) is 12.3. The molecule has 1 unspecified atom stereocenters. The van der Waals surface area contributed by atoms with Crippen LogP contribution in [0.2, 0.25) is 0 Å². The summed E-state index contributed by atoms with van der Waals surface area (Å²) in [5, 5.41) is 4.60. The lowest BCUT2D eigenvalue weighted by molar-refractivity contribution is 0.163. The maximum atomic E-state index is 7.66. The number of hydrogen-bond acceptors (Lipinski definition) is 3. The van der Waals surface area contributed by atoms with Gasteiger partial charge in [0.1, 0.15) is 17.2 Å². The number of rotatable bonds is 10. The van der Waals surface area contributed by atoms with Gasteiger partial charge < -0.3 is 14.2 Å². The van der Waals surface area contributed by atoms with Crippen LogP contribution in [0.4, 0.5) is 0 Å². The van der Waals surface area contributed by atoms with E-state index >= 15 is 0 Å². The smallest absolute Gasteiger partial charge is 0.178 e. The Morgan fingerprint density at radius 1 is 0.680 bits per heavy atom. The molecule has 50 heavy (non-hydrogen) atoms. The minimum atomic E-state index is -0.846. The van der Waals surface area contributed by atoms with Crippen molar-refractivity contribution in [2.75, 3.05) is 13.2 Å². The molecule has 0 amide bonds. The van der Waals surface area contributed by atoms with E-state index in [1.165, 1.54) is 33.2 Å². The van der Waals surface area contributed by atoms with Crippen LogP contribution in [0, 0.1) is 6.92 Å². The summed E-state index contributed by atoms with van der Waals surface area (Å²) in [6, 6.07) is 37.1. The van der Waals surface area contributed by atoms with Crippen LogP contribution in [-0.4, -0.2) is 13.2 Å². The first kappa shape index (κ1) is 32.2. The van der Waals surface area contributed by atoms with E-state index in [0.717, 1.165) is 82.4 Å². The molecule has 1 heterocycles. The Kier molecular flexibility index (Phi) is 8.18. The Morgan fingerprint density at radius 2 is 1.40 bits per heavy atom. The van der Waals surface area contributed by atoms with Crippen molar-refractivity contribution in [1.82, 2.24) is 0 Å². The lowest BCUT2D eigenvalue weighted by Crippen LogP contribution is -2.35. The van der Waals surface area contributed by atoms with Crippen molar-refractivity contribution in [1.29, 1.82) is 0 Å². The fraction of sp³-hybridized carbons (Fsp3) is 0.277. The standard InChI is InChI=1S/C47H46O3/c1-6-8-28-48-34-21-19-33(20-22-34)47(32-14-11-10-12-15-32)27-26-39-44-42(37-23-18-31(3)30-40(37)46(44,4)5)38-25-24-35-36(43(38)45(39)50-47)16-13-17-41(35)49-29-9-7-2/h10-27,30H,6-9,28-29H2,1-5H3. The average Bonchev–Trinajstić information content (AvgIpc) is 3.38. The van der Waals surface area contributed by atoms with Crippen molar-refractivity contribution in [3.63, 3.8) is 0 Å². The third kappa shape index (κ3) is 5.09. The molecule has 0 fully saturated rings. The van der Waals surface area contributed by atoms with Crippen molar-refractivity contribution in [3.8, 4) is 28.4 Å². The first-order valence-corrected chi connectivity index (χ1v) is 18.3. The molecule has 8 rings (SSSR count). The minimum absolute atomic E-state index is 0.215. The highest BCUT2D eigenvalue weighted by atomic mass is 16.5. The molecule has 1 atom stereocenters. The van der Waals surface area contributed by atoms with Crippen molar-refractivity contribution < 1.29 is 14.2 Å². The molecule has 6 aromatic rings. The number of unbranched alkanes of at least 4 members (excludes halogenated alkanes) is 2. The SMILES string of the molecule is CCCCOc1ccc(C2(c3ccccc3)C=Cc3c4c(c5ccc6c(OCCCC)cccc6c5c3O2)-c2ccc(C)cc2C4(C)C)cc1. The van der Waals surface area contributed by atoms with E-state index in [-0.39, 0.29) is 5.41 Å². The molecule has 2 aliphatic rings. The Labute approximate surface area is 296 Å². The van der Waals surface area contributed by atoms with E-state index in [1.807, 2.05) is 0 Å². The van der Waals surface area contributed by atoms with Crippen LogP contribution in [-0.2, 0) is 11.0 Å². The van der Waals surface area contributed by atoms with Crippen LogP contribution in [0.25, 0.3) is 38.7 Å². The second-order valence-corrected chi connectivity index (χ2v) is 14.5. The van der Waals surface area contributed by atoms with Crippen LogP contribution in [0.3, 0.4) is 0 Å². The van der Waals surface area contributed by atoms with E-state index in [2.05, 4.69) is 150 Å². The summed E-state index contributed by atoms with van der Waals surface area (Å²) >= 11 is 0. The molecule has 0 aromatic heterocycles. The third-order valence-corrected chi connectivity index (χ3v) is 10.8. The molecule has 6 aromatic carbocycles. The predicted molar refractivity (Wildman–Crippen MR) is 208 cm³/mol. The zero-order chi connectivity index (χ0) is 34.5. The summed E-state index contributed by atoms with van der Waals surface area (Å²) in [5.74, 6) is 2.72. The molecule has 0 N–H and O–H groups in total. The molecule has 0 spiro atoms. The molecule has 1 aliphatic carbocycles. The maximum absolute atomic E-state index is 7.66. The second-order valence-electron chi connectivity index (χ2n) is 14.5. The zero-order valence-electron chi connectivity index (χ0n) is 29.9. The molecule has 1 aliphatic heterocycles. The molecule has 0 saturated heterocycles. The average molecular weight is 659 g/mol. The Hall–Kier alpha value is -5.02. The molecule has 3 nitrogen and oxygen atoms in total. The van der Waals surface area contributed by atoms with Gasteiger partial charge >= 0.3 is 0 Å². The van der Waals surface area contributed by atoms with Crippen LogP contribution in [0.5, 0.6) is 17.2 Å². The first-order chi connectivity index (χ1) is 24.4. The summed E-state index contributed by atoms with van der Waals surface area (Å²) < 4.78 is 20.1. The van der Waals surface area contributed by atoms with Crippen LogP contribution < -0.4 is 14.2 Å². The molecule has 252 valence electrons. The van der Waals surface area contributed by atoms with Crippen molar-refractivity contribution >= 4 is 27.6 Å². The van der Waals surface area contributed by atoms with E-state index in [1.54, 1.807) is 0 Å². The number of hydrogen-bond donors (Lipinski definition) is 0. The van der Waals surface area contributed by atoms with Gasteiger partial charge in [0.2, 0.25) is 0 Å². The van der Waals surface area contributed by atoms with Gasteiger partial charge in [0, 0.05) is 32.9 Å². The highest BCUT2D eigenvalue weighted by molar-refractivity contribution is 6.19. The van der Waals surface area contributed by atoms with E-state index in [9.17, 15) is 0 Å². The summed E-state index contributed by atoms with van der Waals surface area (Å²) in [6.45, 7) is 12.7. The van der Waals surface area contributed by atoms with E-state index < -0.39 is 5.60 Å². The number of fused-ring (bicyclic) bond motifs is 10. The van der Waals surface area contributed by atoms with Crippen molar-refractivity contribution in [2.24, 2.45) is 0 Å². The van der Waals surface area contributed by atoms with Crippen molar-refractivity contribution in [2.45, 2.75) is 71.3 Å². The molecule has 0 bridgehead atoms. The summed E-state index contributed by atoms with van der Waals surface area (Å²) in [4.78, 5) is 0. The largest absolute Gasteiger partial charge is 0.494 e. The normalized spacial score (nSPS) is 16.9. The van der Waals surface area contributed by atoms with Gasteiger partial charge in [-0.25, -0.2) is 0 Å². The topological polar surface area (TPSA) is 27.7 Å². The number of ether oxygens (including phenoxy) is 3. The first-order valence-electron chi connectivity index (χ1n) is 18.3. The summed E-state index contributed by atoms with van der Waals surface area (Å²) in [7, 11) is 0. The van der Waals surface area contributed by atoms with Gasteiger partial charge in [0.25, 0.3) is 0 Å². The van der Waals surface area contributed by atoms with Gasteiger partial charge in [0.05, 0.1) is 13.2 Å². The van der Waals surface area contributed by atoms with Crippen LogP contribution in [0.15, 0.2) is 109 Å². The molecule has 0 radical (unpaired) electrons. The Bertz CT molecular complexity index is 2240. The second kappa shape index (κ2) is 12.7. The van der Waals surface area contributed by atoms with Crippen LogP contribution >= 0.6 is 0 Å². The zero-order valence-corrected chi connectivity index (χ0v) is 29.9. The third-order valence-electron chi connectivity index (χ3n) is 10.8. The molecular weight excluding hydrogens is 613 g/mol. The quantitative estimate of drug-likeness (QED) is 0.108. The van der Waals surface area contributed by atoms with E-state index in [0.29, 0.717) is 6.61 Å². The van der Waals surface area contributed by atoms with E-state index in [4.69, 9.17) is 14.2 Å². The van der Waals surface area contributed by atoms with Gasteiger partial charge in [-0.3, -0.25) is 0 Å². The van der Waals surface area contributed by atoms with Gasteiger partial charge in [-0.2, -0.15) is 0 Å². The Balaban J connectivity index is 1.41. The summed E-state index contributed by atoms with van der Waals surface area (Å²) in [5.41, 5.74) is 8.83. The van der Waals surface area contributed by atoms with Gasteiger partial charge in [-0.1, -0.05) is 131 Å². The van der Waals surface area contributed by atoms with Crippen LogP contribution in [0.1, 0.15) is 86.8 Å². The highest BCUT2D eigenvalue weighted by Crippen LogP contribution is 2.59. The monoisotopic (exact) mass is 658 g/mol. The van der Waals surface area contributed by atoms with Gasteiger partial charge in [-0.15, -0.1) is 0 Å². The Morgan fingerprint density at radius 3 is 2.16 bits per heavy atom.